The van der Waals surface area contributed by atoms with Crippen LogP contribution in [0.2, 0.25) is 0 Å². The lowest BCUT2D eigenvalue weighted by atomic mass is 9.92. The van der Waals surface area contributed by atoms with Crippen LogP contribution in [0.4, 0.5) is 0 Å². The van der Waals surface area contributed by atoms with Gasteiger partial charge in [0, 0.05) is 6.20 Å². The maximum atomic E-state index is 12.4. The van der Waals surface area contributed by atoms with Crippen molar-refractivity contribution < 1.29 is 14.6 Å². The van der Waals surface area contributed by atoms with Crippen molar-refractivity contribution in [3.8, 4) is 11.4 Å². The Bertz CT molecular complexity index is 726. The number of aryl methyl sites for hydroxylation is 1. The summed E-state index contributed by atoms with van der Waals surface area (Å²) in [6.45, 7) is 1.99. The molecule has 1 aromatic heterocycles. The lowest BCUT2D eigenvalue weighted by Crippen LogP contribution is -2.45. The molecule has 1 aliphatic carbocycles. The largest absolute Gasteiger partial charge is 0.494 e. The minimum absolute atomic E-state index is 0.190. The van der Waals surface area contributed by atoms with E-state index in [2.05, 4.69) is 10.4 Å². The van der Waals surface area contributed by atoms with E-state index in [9.17, 15) is 9.90 Å². The molecular weight excluding hydrogens is 306 g/mol. The molecule has 1 saturated carbocycles. The van der Waals surface area contributed by atoms with Gasteiger partial charge in [0.2, 0.25) is 0 Å². The molecule has 3 rings (SSSR count). The highest BCUT2D eigenvalue weighted by Crippen LogP contribution is 2.23. The molecule has 1 heterocycles. The number of hydrogen-bond acceptors (Lipinski definition) is 4. The summed E-state index contributed by atoms with van der Waals surface area (Å²) in [6.07, 6.45) is 4.84. The van der Waals surface area contributed by atoms with E-state index in [0.717, 1.165) is 36.9 Å². The van der Waals surface area contributed by atoms with Crippen molar-refractivity contribution in [2.24, 2.45) is 0 Å². The minimum Gasteiger partial charge on any atom is -0.494 e. The molecule has 0 bridgehead atoms. The highest BCUT2D eigenvalue weighted by Gasteiger charge is 2.25. The van der Waals surface area contributed by atoms with Gasteiger partial charge < -0.3 is 15.2 Å². The van der Waals surface area contributed by atoms with E-state index in [1.807, 2.05) is 25.1 Å². The fourth-order valence-electron chi connectivity index (χ4n) is 3.08. The van der Waals surface area contributed by atoms with Crippen LogP contribution < -0.4 is 10.1 Å². The van der Waals surface area contributed by atoms with Crippen LogP contribution in [0, 0.1) is 6.92 Å². The Labute approximate surface area is 141 Å². The standard InChI is InChI=1S/C18H23N3O3/c1-12-7-8-17(24-2)15(11-12)21-10-9-14(20-21)18(23)19-13-5-3-4-6-16(13)22/h7-11,13,16,22H,3-6H2,1-2H3,(H,19,23). The van der Waals surface area contributed by atoms with E-state index in [0.29, 0.717) is 11.4 Å². The summed E-state index contributed by atoms with van der Waals surface area (Å²) in [5.74, 6) is 0.435. The number of methoxy groups -OCH3 is 1. The SMILES string of the molecule is COc1ccc(C)cc1-n1ccc(C(=O)NC2CCCCC2O)n1. The fraction of sp³-hybridized carbons (Fsp3) is 0.444. The van der Waals surface area contributed by atoms with Gasteiger partial charge in [0.25, 0.3) is 5.91 Å². The molecule has 2 N–H and O–H groups in total. The van der Waals surface area contributed by atoms with Gasteiger partial charge in [-0.25, -0.2) is 4.68 Å². The van der Waals surface area contributed by atoms with Gasteiger partial charge in [-0.3, -0.25) is 4.79 Å². The lowest BCUT2D eigenvalue weighted by Gasteiger charge is -2.27. The first-order chi connectivity index (χ1) is 11.6. The number of carbonyl (C=O) groups excluding carboxylic acids is 1. The van der Waals surface area contributed by atoms with Crippen molar-refractivity contribution in [3.63, 3.8) is 0 Å². The first-order valence-corrected chi connectivity index (χ1v) is 8.28. The van der Waals surface area contributed by atoms with Gasteiger partial charge in [-0.1, -0.05) is 18.9 Å². The maximum Gasteiger partial charge on any atom is 0.272 e. The van der Waals surface area contributed by atoms with E-state index in [4.69, 9.17) is 4.74 Å². The van der Waals surface area contributed by atoms with Gasteiger partial charge >= 0.3 is 0 Å². The van der Waals surface area contributed by atoms with Crippen LogP contribution in [0.3, 0.4) is 0 Å². The highest BCUT2D eigenvalue weighted by atomic mass is 16.5. The molecule has 6 nitrogen and oxygen atoms in total. The number of aliphatic hydroxyl groups is 1. The molecule has 2 aromatic rings. The molecule has 2 atom stereocenters. The average Bonchev–Trinajstić information content (AvgIpc) is 3.07. The van der Waals surface area contributed by atoms with Crippen molar-refractivity contribution in [1.82, 2.24) is 15.1 Å². The van der Waals surface area contributed by atoms with Gasteiger partial charge in [-0.15, -0.1) is 0 Å². The zero-order valence-corrected chi connectivity index (χ0v) is 14.0. The van der Waals surface area contributed by atoms with Gasteiger partial charge in [0.15, 0.2) is 5.69 Å². The lowest BCUT2D eigenvalue weighted by molar-refractivity contribution is 0.0713. The van der Waals surface area contributed by atoms with E-state index in [1.165, 1.54) is 0 Å². The van der Waals surface area contributed by atoms with Crippen molar-refractivity contribution >= 4 is 5.91 Å². The fourth-order valence-corrected chi connectivity index (χ4v) is 3.08. The summed E-state index contributed by atoms with van der Waals surface area (Å²) in [4.78, 5) is 12.4. The van der Waals surface area contributed by atoms with Crippen LogP contribution in [0.15, 0.2) is 30.5 Å². The Hall–Kier alpha value is -2.34. The quantitative estimate of drug-likeness (QED) is 0.902. The van der Waals surface area contributed by atoms with Crippen LogP contribution in [0.1, 0.15) is 41.7 Å². The Morgan fingerprint density at radius 1 is 1.33 bits per heavy atom. The second kappa shape index (κ2) is 7.05. The average molecular weight is 329 g/mol. The number of ether oxygens (including phenoxy) is 1. The molecule has 0 radical (unpaired) electrons. The Balaban J connectivity index is 1.78. The third kappa shape index (κ3) is 3.43. The molecule has 128 valence electrons. The zero-order valence-electron chi connectivity index (χ0n) is 14.0. The second-order valence-corrected chi connectivity index (χ2v) is 6.25. The first kappa shape index (κ1) is 16.5. The number of aliphatic hydroxyl groups excluding tert-OH is 1. The van der Waals surface area contributed by atoms with Gasteiger partial charge in [0.1, 0.15) is 11.4 Å². The molecule has 1 amide bonds. The molecular formula is C18H23N3O3. The molecule has 0 spiro atoms. The first-order valence-electron chi connectivity index (χ1n) is 8.28. The topological polar surface area (TPSA) is 76.4 Å². The highest BCUT2D eigenvalue weighted by molar-refractivity contribution is 5.92. The summed E-state index contributed by atoms with van der Waals surface area (Å²) < 4.78 is 7.00. The van der Waals surface area contributed by atoms with Crippen LogP contribution in [0.25, 0.3) is 5.69 Å². The Kier molecular flexibility index (Phi) is 4.85. The molecule has 0 aliphatic heterocycles. The molecule has 1 aliphatic rings. The van der Waals surface area contributed by atoms with Crippen molar-refractivity contribution in [3.05, 3.63) is 41.7 Å². The van der Waals surface area contributed by atoms with Gasteiger partial charge in [-0.2, -0.15) is 5.10 Å². The summed E-state index contributed by atoms with van der Waals surface area (Å²) in [5, 5.41) is 17.2. The monoisotopic (exact) mass is 329 g/mol. The van der Waals surface area contributed by atoms with Crippen molar-refractivity contribution in [1.29, 1.82) is 0 Å². The maximum absolute atomic E-state index is 12.4. The van der Waals surface area contributed by atoms with Crippen LogP contribution >= 0.6 is 0 Å². The van der Waals surface area contributed by atoms with Crippen LogP contribution in [-0.4, -0.2) is 40.0 Å². The van der Waals surface area contributed by atoms with E-state index in [1.54, 1.807) is 24.1 Å². The van der Waals surface area contributed by atoms with Crippen molar-refractivity contribution in [2.45, 2.75) is 44.8 Å². The Morgan fingerprint density at radius 2 is 2.12 bits per heavy atom. The predicted molar refractivity (Wildman–Crippen MR) is 90.6 cm³/mol. The number of aromatic nitrogens is 2. The normalized spacial score (nSPS) is 20.6. The summed E-state index contributed by atoms with van der Waals surface area (Å²) in [7, 11) is 1.61. The zero-order chi connectivity index (χ0) is 17.1. The van der Waals surface area contributed by atoms with E-state index >= 15 is 0 Å². The summed E-state index contributed by atoms with van der Waals surface area (Å²) in [6, 6.07) is 7.28. The number of carbonyl (C=O) groups is 1. The third-order valence-electron chi connectivity index (χ3n) is 4.45. The van der Waals surface area contributed by atoms with Gasteiger partial charge in [-0.05, 0) is 43.5 Å². The molecule has 1 fully saturated rings. The number of nitrogens with one attached hydrogen (secondary N) is 1. The second-order valence-electron chi connectivity index (χ2n) is 6.25. The predicted octanol–water partition coefficient (Wildman–Crippen LogP) is 2.22. The van der Waals surface area contributed by atoms with Crippen LogP contribution in [0.5, 0.6) is 5.75 Å². The van der Waals surface area contributed by atoms with E-state index in [-0.39, 0.29) is 11.9 Å². The minimum atomic E-state index is -0.471. The molecule has 24 heavy (non-hydrogen) atoms. The van der Waals surface area contributed by atoms with E-state index < -0.39 is 6.10 Å². The number of hydrogen-bond donors (Lipinski definition) is 2. The smallest absolute Gasteiger partial charge is 0.272 e. The summed E-state index contributed by atoms with van der Waals surface area (Å²) >= 11 is 0. The third-order valence-corrected chi connectivity index (χ3v) is 4.45. The van der Waals surface area contributed by atoms with Gasteiger partial charge in [0.05, 0.1) is 19.3 Å². The summed E-state index contributed by atoms with van der Waals surface area (Å²) in [5.41, 5.74) is 2.20. The number of amides is 1. The molecule has 1 aromatic carbocycles. The number of benzene rings is 1. The number of nitrogens with zero attached hydrogens (tertiary/aromatic N) is 2. The molecule has 0 saturated heterocycles. The van der Waals surface area contributed by atoms with Crippen LogP contribution in [-0.2, 0) is 0 Å². The Morgan fingerprint density at radius 3 is 2.88 bits per heavy atom. The van der Waals surface area contributed by atoms with Crippen molar-refractivity contribution in [2.75, 3.05) is 7.11 Å². The molecule has 6 heteroatoms. The number of rotatable bonds is 4. The molecule has 2 unspecified atom stereocenters.